The Kier molecular flexibility index (Phi) is 5.30. The maximum absolute atomic E-state index is 12.7. The summed E-state index contributed by atoms with van der Waals surface area (Å²) in [6.07, 6.45) is -3.21. The van der Waals surface area contributed by atoms with Crippen LogP contribution in [0.25, 0.3) is 0 Å². The summed E-state index contributed by atoms with van der Waals surface area (Å²) in [4.78, 5) is 10.7. The van der Waals surface area contributed by atoms with Gasteiger partial charge in [-0.2, -0.15) is 13.2 Å². The highest BCUT2D eigenvalue weighted by molar-refractivity contribution is 5.74. The molecule has 0 saturated carbocycles. The number of carbonyl (C=O) groups is 1. The highest BCUT2D eigenvalue weighted by atomic mass is 19.4. The molecule has 0 bridgehead atoms. The molecular weight excluding hydrogens is 369 g/mol. The van der Waals surface area contributed by atoms with Crippen LogP contribution < -0.4 is 21.7 Å². The summed E-state index contributed by atoms with van der Waals surface area (Å²) in [6, 6.07) is 11.9. The van der Waals surface area contributed by atoms with Crippen LogP contribution in [0, 0.1) is 0 Å². The van der Waals surface area contributed by atoms with E-state index in [0.717, 1.165) is 24.0 Å². The van der Waals surface area contributed by atoms with E-state index in [1.807, 2.05) is 12.1 Å². The van der Waals surface area contributed by atoms with Gasteiger partial charge < -0.3 is 21.7 Å². The van der Waals surface area contributed by atoms with Gasteiger partial charge in [-0.25, -0.2) is 0 Å². The molecular formula is C20H19F3N4O. The number of anilines is 1. The third-order valence-corrected chi connectivity index (χ3v) is 4.25. The van der Waals surface area contributed by atoms with E-state index in [1.54, 1.807) is 12.1 Å². The van der Waals surface area contributed by atoms with Gasteiger partial charge in [0.15, 0.2) is 0 Å². The molecule has 2 aromatic rings. The Morgan fingerprint density at radius 1 is 1.11 bits per heavy atom. The van der Waals surface area contributed by atoms with Crippen LogP contribution in [0.5, 0.6) is 0 Å². The predicted octanol–water partition coefficient (Wildman–Crippen LogP) is 3.33. The number of nitrogens with two attached hydrogens (primary N) is 1. The molecule has 0 saturated heterocycles. The van der Waals surface area contributed by atoms with E-state index in [9.17, 15) is 18.0 Å². The van der Waals surface area contributed by atoms with Gasteiger partial charge in [-0.05, 0) is 29.8 Å². The highest BCUT2D eigenvalue weighted by Crippen LogP contribution is 2.30. The molecule has 1 unspecified atom stereocenters. The van der Waals surface area contributed by atoms with E-state index in [-0.39, 0.29) is 6.17 Å². The first kappa shape index (κ1) is 19.3. The SMILES string of the molecule is C=C(N)C1=C(Nc2ccc(C(F)(F)F)cc2)NC(Cc2ccc(C=O)cc2)N1. The molecule has 8 heteroatoms. The van der Waals surface area contributed by atoms with Gasteiger partial charge in [0.1, 0.15) is 18.3 Å². The normalized spacial score (nSPS) is 16.3. The monoisotopic (exact) mass is 388 g/mol. The predicted molar refractivity (Wildman–Crippen MR) is 101 cm³/mol. The van der Waals surface area contributed by atoms with Crippen molar-refractivity contribution in [3.05, 3.63) is 89.0 Å². The number of nitrogens with one attached hydrogen (secondary N) is 3. The van der Waals surface area contributed by atoms with Gasteiger partial charge in [0, 0.05) is 17.7 Å². The number of benzene rings is 2. The summed E-state index contributed by atoms with van der Waals surface area (Å²) in [5.41, 5.74) is 8.02. The van der Waals surface area contributed by atoms with Crippen LogP contribution in [0.15, 0.2) is 72.3 Å². The van der Waals surface area contributed by atoms with Crippen molar-refractivity contribution in [3.63, 3.8) is 0 Å². The summed E-state index contributed by atoms with van der Waals surface area (Å²) < 4.78 is 38.1. The Morgan fingerprint density at radius 3 is 2.29 bits per heavy atom. The zero-order chi connectivity index (χ0) is 20.3. The number of halogens is 3. The highest BCUT2D eigenvalue weighted by Gasteiger charge is 2.30. The molecule has 1 atom stereocenters. The largest absolute Gasteiger partial charge is 0.416 e. The molecule has 0 fully saturated rings. The maximum Gasteiger partial charge on any atom is 0.416 e. The average molecular weight is 388 g/mol. The lowest BCUT2D eigenvalue weighted by Gasteiger charge is -2.15. The van der Waals surface area contributed by atoms with Crippen molar-refractivity contribution in [2.24, 2.45) is 5.73 Å². The lowest BCUT2D eigenvalue weighted by atomic mass is 10.1. The average Bonchev–Trinajstić information content (AvgIpc) is 3.04. The Labute approximate surface area is 160 Å². The number of aldehydes is 1. The van der Waals surface area contributed by atoms with Crippen LogP contribution in [0.2, 0.25) is 0 Å². The minimum atomic E-state index is -4.38. The van der Waals surface area contributed by atoms with Gasteiger partial charge in [-0.1, -0.05) is 30.8 Å². The molecule has 0 spiro atoms. The Morgan fingerprint density at radius 2 is 1.75 bits per heavy atom. The quantitative estimate of drug-likeness (QED) is 0.571. The van der Waals surface area contributed by atoms with Crippen LogP contribution in [0.3, 0.4) is 0 Å². The number of hydrogen-bond donors (Lipinski definition) is 4. The molecule has 0 amide bonds. The molecule has 1 aliphatic heterocycles. The zero-order valence-electron chi connectivity index (χ0n) is 14.8. The third kappa shape index (κ3) is 4.46. The molecule has 0 aromatic heterocycles. The van der Waals surface area contributed by atoms with E-state index in [0.29, 0.717) is 34.9 Å². The van der Waals surface area contributed by atoms with Gasteiger partial charge >= 0.3 is 6.18 Å². The van der Waals surface area contributed by atoms with E-state index in [1.165, 1.54) is 12.1 Å². The smallest absolute Gasteiger partial charge is 0.397 e. The molecule has 1 aliphatic rings. The van der Waals surface area contributed by atoms with Crippen LogP contribution >= 0.6 is 0 Å². The second-order valence-corrected chi connectivity index (χ2v) is 6.38. The maximum atomic E-state index is 12.7. The molecule has 5 nitrogen and oxygen atoms in total. The van der Waals surface area contributed by atoms with Crippen LogP contribution in [-0.2, 0) is 12.6 Å². The van der Waals surface area contributed by atoms with Gasteiger partial charge in [-0.3, -0.25) is 4.79 Å². The molecule has 28 heavy (non-hydrogen) atoms. The molecule has 0 aliphatic carbocycles. The second-order valence-electron chi connectivity index (χ2n) is 6.38. The van der Waals surface area contributed by atoms with Gasteiger partial charge in [0.2, 0.25) is 0 Å². The lowest BCUT2D eigenvalue weighted by molar-refractivity contribution is -0.137. The molecule has 1 heterocycles. The number of carbonyl (C=O) groups excluding carboxylic acids is 1. The fraction of sp³-hybridized carbons (Fsp3) is 0.150. The topological polar surface area (TPSA) is 79.2 Å². The Bertz CT molecular complexity index is 903. The van der Waals surface area contributed by atoms with Crippen molar-refractivity contribution in [1.29, 1.82) is 0 Å². The van der Waals surface area contributed by atoms with Crippen molar-refractivity contribution < 1.29 is 18.0 Å². The summed E-state index contributed by atoms with van der Waals surface area (Å²) in [6.45, 7) is 3.73. The van der Waals surface area contributed by atoms with Crippen LogP contribution in [0.1, 0.15) is 21.5 Å². The van der Waals surface area contributed by atoms with E-state index < -0.39 is 11.7 Å². The zero-order valence-corrected chi connectivity index (χ0v) is 14.8. The number of hydrogen-bond acceptors (Lipinski definition) is 5. The van der Waals surface area contributed by atoms with Gasteiger partial charge in [0.25, 0.3) is 0 Å². The van der Waals surface area contributed by atoms with Crippen molar-refractivity contribution in [1.82, 2.24) is 10.6 Å². The Hall–Kier alpha value is -3.42. The summed E-state index contributed by atoms with van der Waals surface area (Å²) in [5.74, 6) is 0.529. The first-order valence-electron chi connectivity index (χ1n) is 8.47. The molecule has 5 N–H and O–H groups in total. The molecule has 0 radical (unpaired) electrons. The molecule has 3 rings (SSSR count). The standard InChI is InChI=1S/C20H19F3N4O/c1-12(24)18-19(25-16-8-6-15(7-9-16)20(21,22)23)27-17(26-18)10-13-2-4-14(11-28)5-3-13/h2-9,11,17,25-27H,1,10,24H2. The number of alkyl halides is 3. The first-order chi connectivity index (χ1) is 13.3. The van der Waals surface area contributed by atoms with E-state index in [2.05, 4.69) is 22.5 Å². The van der Waals surface area contributed by atoms with Crippen LogP contribution in [0.4, 0.5) is 18.9 Å². The van der Waals surface area contributed by atoms with Crippen molar-refractivity contribution in [2.75, 3.05) is 5.32 Å². The van der Waals surface area contributed by atoms with Crippen LogP contribution in [-0.4, -0.2) is 12.5 Å². The van der Waals surface area contributed by atoms with Crippen molar-refractivity contribution in [3.8, 4) is 0 Å². The third-order valence-electron chi connectivity index (χ3n) is 4.25. The van der Waals surface area contributed by atoms with E-state index in [4.69, 9.17) is 5.73 Å². The molecule has 2 aromatic carbocycles. The summed E-state index contributed by atoms with van der Waals surface area (Å²) in [7, 11) is 0. The fourth-order valence-electron chi connectivity index (χ4n) is 2.84. The summed E-state index contributed by atoms with van der Waals surface area (Å²) >= 11 is 0. The van der Waals surface area contributed by atoms with E-state index >= 15 is 0 Å². The second kappa shape index (κ2) is 7.67. The molecule has 146 valence electrons. The first-order valence-corrected chi connectivity index (χ1v) is 8.47. The van der Waals surface area contributed by atoms with Gasteiger partial charge in [0.05, 0.1) is 17.0 Å². The van der Waals surface area contributed by atoms with Crippen molar-refractivity contribution in [2.45, 2.75) is 18.8 Å². The Balaban J connectivity index is 1.71. The minimum Gasteiger partial charge on any atom is -0.397 e. The minimum absolute atomic E-state index is 0.200. The summed E-state index contributed by atoms with van der Waals surface area (Å²) in [5, 5.41) is 9.46. The lowest BCUT2D eigenvalue weighted by Crippen LogP contribution is -2.36. The number of rotatable bonds is 6. The van der Waals surface area contributed by atoms with Gasteiger partial charge in [-0.15, -0.1) is 0 Å². The van der Waals surface area contributed by atoms with Crippen molar-refractivity contribution >= 4 is 12.0 Å². The fourth-order valence-corrected chi connectivity index (χ4v) is 2.84.